The fourth-order valence-electron chi connectivity index (χ4n) is 4.79. The molecule has 2 heterocycles. The Bertz CT molecular complexity index is 1120. The summed E-state index contributed by atoms with van der Waals surface area (Å²) in [5, 5.41) is 12.9. The van der Waals surface area contributed by atoms with Crippen LogP contribution in [0.5, 0.6) is 6.01 Å². The molecular weight excluding hydrogens is 456 g/mol. The molecule has 190 valence electrons. The Kier molecular flexibility index (Phi) is 8.73. The van der Waals surface area contributed by atoms with Gasteiger partial charge in [-0.1, -0.05) is 36.4 Å². The Labute approximate surface area is 212 Å². The number of nitrogens with zero attached hydrogens (tertiary/aromatic N) is 3. The minimum Gasteiger partial charge on any atom is -0.481 e. The van der Waals surface area contributed by atoms with Crippen LogP contribution in [0.2, 0.25) is 0 Å². The monoisotopic (exact) mass is 490 g/mol. The van der Waals surface area contributed by atoms with E-state index in [1.807, 2.05) is 19.1 Å². The van der Waals surface area contributed by atoms with Gasteiger partial charge in [-0.3, -0.25) is 4.79 Å². The second-order valence-electron chi connectivity index (χ2n) is 9.01. The molecule has 3 aromatic rings. The Hall–Kier alpha value is -3.65. The molecule has 1 fully saturated rings. The van der Waals surface area contributed by atoms with Crippen LogP contribution in [0, 0.1) is 0 Å². The fourth-order valence-corrected chi connectivity index (χ4v) is 4.79. The van der Waals surface area contributed by atoms with Gasteiger partial charge in [-0.25, -0.2) is 9.97 Å². The van der Waals surface area contributed by atoms with E-state index in [2.05, 4.69) is 56.6 Å². The zero-order valence-corrected chi connectivity index (χ0v) is 20.9. The van der Waals surface area contributed by atoms with Crippen LogP contribution >= 0.6 is 0 Å². The van der Waals surface area contributed by atoms with E-state index in [0.29, 0.717) is 25.1 Å². The summed E-state index contributed by atoms with van der Waals surface area (Å²) in [6, 6.07) is 17.2. The van der Waals surface area contributed by atoms with Crippen molar-refractivity contribution >= 4 is 23.0 Å². The van der Waals surface area contributed by atoms with Gasteiger partial charge in [0.2, 0.25) is 0 Å². The molecule has 1 atom stereocenters. The number of aliphatic carboxylic acids is 1. The van der Waals surface area contributed by atoms with E-state index in [-0.39, 0.29) is 12.3 Å². The van der Waals surface area contributed by atoms with E-state index in [4.69, 9.17) is 9.47 Å². The number of ether oxygens (including phenoxy) is 2. The maximum atomic E-state index is 11.5. The third-order valence-electron chi connectivity index (χ3n) is 6.57. The molecule has 0 bridgehead atoms. The van der Waals surface area contributed by atoms with Gasteiger partial charge in [0.25, 0.3) is 0 Å². The lowest BCUT2D eigenvalue weighted by molar-refractivity contribution is -0.137. The lowest BCUT2D eigenvalue weighted by Crippen LogP contribution is -2.33. The van der Waals surface area contributed by atoms with Crippen molar-refractivity contribution in [2.75, 3.05) is 43.6 Å². The zero-order chi connectivity index (χ0) is 25.3. The molecule has 0 amide bonds. The molecule has 4 rings (SSSR count). The van der Waals surface area contributed by atoms with Gasteiger partial charge in [-0.15, -0.1) is 0 Å². The van der Waals surface area contributed by atoms with Crippen LogP contribution in [0.1, 0.15) is 49.1 Å². The van der Waals surface area contributed by atoms with Crippen LogP contribution in [-0.2, 0) is 9.53 Å². The summed E-state index contributed by atoms with van der Waals surface area (Å²) in [6.45, 7) is 4.60. The smallest absolute Gasteiger partial charge is 0.316 e. The predicted octanol–water partition coefficient (Wildman–Crippen LogP) is 5.21. The van der Waals surface area contributed by atoms with Crippen molar-refractivity contribution in [2.45, 2.75) is 38.0 Å². The van der Waals surface area contributed by atoms with Crippen molar-refractivity contribution in [1.82, 2.24) is 9.97 Å². The van der Waals surface area contributed by atoms with Crippen LogP contribution in [-0.4, -0.2) is 54.5 Å². The van der Waals surface area contributed by atoms with Gasteiger partial charge in [0.05, 0.1) is 49.1 Å². The van der Waals surface area contributed by atoms with E-state index in [9.17, 15) is 9.90 Å². The van der Waals surface area contributed by atoms with Gasteiger partial charge in [-0.05, 0) is 48.9 Å². The molecule has 1 aliphatic heterocycles. The number of benzene rings is 2. The number of rotatable bonds is 11. The molecule has 0 radical (unpaired) electrons. The minimum absolute atomic E-state index is 0.00125. The van der Waals surface area contributed by atoms with Crippen LogP contribution in [0.3, 0.4) is 0 Å². The van der Waals surface area contributed by atoms with Crippen molar-refractivity contribution in [3.63, 3.8) is 0 Å². The highest BCUT2D eigenvalue weighted by Crippen LogP contribution is 2.37. The number of anilines is 3. The number of hydrogen-bond acceptors (Lipinski definition) is 7. The standard InChI is InChI=1S/C28H34N4O4/c1-3-36-28-29-17-24(18-30-28)31-25-15-22(23(19-35-2)16-27(33)34)9-10-26(25)32-13-11-21(12-14-32)20-7-5-4-6-8-20/h4-10,15,17-18,21,23,31H,3,11-14,16,19H2,1-2H3,(H,33,34). The topological polar surface area (TPSA) is 96.8 Å². The molecule has 0 aliphatic carbocycles. The van der Waals surface area contributed by atoms with Crippen LogP contribution < -0.4 is 15.0 Å². The van der Waals surface area contributed by atoms with Crippen LogP contribution in [0.15, 0.2) is 60.9 Å². The van der Waals surface area contributed by atoms with E-state index < -0.39 is 5.97 Å². The van der Waals surface area contributed by atoms with Crippen LogP contribution in [0.25, 0.3) is 0 Å². The molecule has 36 heavy (non-hydrogen) atoms. The number of nitrogens with one attached hydrogen (secondary N) is 1. The number of methoxy groups -OCH3 is 1. The first-order chi connectivity index (χ1) is 17.6. The number of piperidine rings is 1. The van der Waals surface area contributed by atoms with Gasteiger partial charge in [0.1, 0.15) is 0 Å². The molecule has 1 aromatic heterocycles. The molecule has 1 saturated heterocycles. The number of carbonyl (C=O) groups is 1. The first-order valence-electron chi connectivity index (χ1n) is 12.4. The summed E-state index contributed by atoms with van der Waals surface area (Å²) in [4.78, 5) is 22.4. The van der Waals surface area contributed by atoms with E-state index >= 15 is 0 Å². The summed E-state index contributed by atoms with van der Waals surface area (Å²) in [5.41, 5.74) is 5.01. The maximum absolute atomic E-state index is 11.5. The molecular formula is C28H34N4O4. The first kappa shape index (κ1) is 25.4. The molecule has 2 N–H and O–H groups in total. The van der Waals surface area contributed by atoms with Gasteiger partial charge in [0.15, 0.2) is 0 Å². The summed E-state index contributed by atoms with van der Waals surface area (Å²) >= 11 is 0. The quantitative estimate of drug-likeness (QED) is 0.378. The summed E-state index contributed by atoms with van der Waals surface area (Å²) < 4.78 is 10.7. The Morgan fingerprint density at radius 3 is 2.50 bits per heavy atom. The Balaban J connectivity index is 1.59. The second-order valence-corrected chi connectivity index (χ2v) is 9.01. The largest absolute Gasteiger partial charge is 0.481 e. The molecule has 2 aromatic carbocycles. The Morgan fingerprint density at radius 1 is 1.14 bits per heavy atom. The zero-order valence-electron chi connectivity index (χ0n) is 20.9. The highest BCUT2D eigenvalue weighted by atomic mass is 16.5. The van der Waals surface area contributed by atoms with Gasteiger partial charge < -0.3 is 24.8 Å². The lowest BCUT2D eigenvalue weighted by Gasteiger charge is -2.35. The second kappa shape index (κ2) is 12.4. The summed E-state index contributed by atoms with van der Waals surface area (Å²) in [6.07, 6.45) is 5.53. The highest BCUT2D eigenvalue weighted by Gasteiger charge is 2.24. The molecule has 0 spiro atoms. The summed E-state index contributed by atoms with van der Waals surface area (Å²) in [7, 11) is 1.59. The van der Waals surface area contributed by atoms with E-state index in [1.54, 1.807) is 19.5 Å². The number of carboxylic acid groups (broad SMARTS) is 1. The fraction of sp³-hybridized carbons (Fsp3) is 0.393. The average Bonchev–Trinajstić information content (AvgIpc) is 2.90. The van der Waals surface area contributed by atoms with Crippen molar-refractivity contribution in [3.8, 4) is 6.01 Å². The van der Waals surface area contributed by atoms with Crippen molar-refractivity contribution in [3.05, 3.63) is 72.1 Å². The maximum Gasteiger partial charge on any atom is 0.316 e. The van der Waals surface area contributed by atoms with Gasteiger partial charge >= 0.3 is 12.0 Å². The van der Waals surface area contributed by atoms with Crippen LogP contribution in [0.4, 0.5) is 17.1 Å². The molecule has 1 unspecified atom stereocenters. The number of hydrogen-bond donors (Lipinski definition) is 2. The third-order valence-corrected chi connectivity index (χ3v) is 6.57. The lowest BCUT2D eigenvalue weighted by atomic mass is 9.89. The predicted molar refractivity (Wildman–Crippen MR) is 140 cm³/mol. The van der Waals surface area contributed by atoms with E-state index in [0.717, 1.165) is 48.6 Å². The van der Waals surface area contributed by atoms with Gasteiger partial charge in [-0.2, -0.15) is 0 Å². The number of carboxylic acids is 1. The molecule has 8 heteroatoms. The van der Waals surface area contributed by atoms with E-state index in [1.165, 1.54) is 5.56 Å². The molecule has 8 nitrogen and oxygen atoms in total. The van der Waals surface area contributed by atoms with Crippen molar-refractivity contribution in [2.24, 2.45) is 0 Å². The Morgan fingerprint density at radius 2 is 1.86 bits per heavy atom. The highest BCUT2D eigenvalue weighted by molar-refractivity contribution is 5.76. The molecule has 0 saturated carbocycles. The number of aromatic nitrogens is 2. The van der Waals surface area contributed by atoms with Crippen molar-refractivity contribution < 1.29 is 19.4 Å². The third kappa shape index (κ3) is 6.51. The average molecular weight is 491 g/mol. The first-order valence-corrected chi connectivity index (χ1v) is 12.4. The van der Waals surface area contributed by atoms with Gasteiger partial charge in [0, 0.05) is 26.1 Å². The molecule has 1 aliphatic rings. The summed E-state index contributed by atoms with van der Waals surface area (Å²) in [5.74, 6) is -0.541. The minimum atomic E-state index is -0.849. The SMILES string of the molecule is CCOc1ncc(Nc2cc(C(COC)CC(=O)O)ccc2N2CCC(c3ccccc3)CC2)cn1. The van der Waals surface area contributed by atoms with Crippen molar-refractivity contribution in [1.29, 1.82) is 0 Å². The normalized spacial score (nSPS) is 14.9.